The molecule has 4 aliphatic rings. The molecule has 2 aromatic carbocycles. The molecule has 0 atom stereocenters. The second-order valence-electron chi connectivity index (χ2n) is 14.2. The fraction of sp³-hybridized carbons (Fsp3) is 0.639. The van der Waals surface area contributed by atoms with Gasteiger partial charge in [-0.15, -0.1) is 0 Å². The molecule has 2 saturated heterocycles. The van der Waals surface area contributed by atoms with Crippen molar-refractivity contribution in [3.05, 3.63) is 65.7 Å². The molecule has 0 aromatic heterocycles. The number of carbonyl (C=O) groups excluding carboxylic acids is 1. The summed E-state index contributed by atoms with van der Waals surface area (Å²) in [5, 5.41) is 12.1. The van der Waals surface area contributed by atoms with Gasteiger partial charge in [-0.1, -0.05) is 62.4 Å². The fourth-order valence-corrected chi connectivity index (χ4v) is 11.3. The molecule has 2 aliphatic carbocycles. The third kappa shape index (κ3) is 4.69. The van der Waals surface area contributed by atoms with Crippen LogP contribution in [0.3, 0.4) is 0 Å². The number of aryl methyl sites for hydroxylation is 1. The Morgan fingerprint density at radius 1 is 0.886 bits per heavy atom. The van der Waals surface area contributed by atoms with Crippen LogP contribution >= 0.6 is 0 Å². The van der Waals surface area contributed by atoms with Crippen LogP contribution in [0.2, 0.25) is 0 Å². The zero-order valence-electron chi connectivity index (χ0n) is 27.1. The maximum atomic E-state index is 14.7. The van der Waals surface area contributed by atoms with E-state index in [2.05, 4.69) is 92.2 Å². The van der Waals surface area contributed by atoms with Crippen LogP contribution < -0.4 is 4.90 Å². The Morgan fingerprint density at radius 2 is 1.48 bits per heavy atom. The van der Waals surface area contributed by atoms with Crippen molar-refractivity contribution in [1.29, 1.82) is 0 Å². The van der Waals surface area contributed by atoms with E-state index in [1.54, 1.807) is 0 Å². The first-order chi connectivity index (χ1) is 21.0. The largest absolute Gasteiger partial charge is 0.371 e. The predicted octanol–water partition coefficient (Wildman–Crippen LogP) is 6.63. The van der Waals surface area contributed by atoms with Crippen LogP contribution in [-0.4, -0.2) is 71.3 Å². The molecule has 0 unspecified atom stereocenters. The number of urea groups is 1. The highest BCUT2D eigenvalue weighted by molar-refractivity contribution is 7.91. The number of rotatable bonds is 8. The highest BCUT2D eigenvalue weighted by Gasteiger charge is 2.71. The van der Waals surface area contributed by atoms with Crippen molar-refractivity contribution in [3.63, 3.8) is 0 Å². The molecule has 6 rings (SSSR count). The Balaban J connectivity index is 1.42. The molecule has 2 aliphatic heterocycles. The number of carbonyl (C=O) groups is 1. The summed E-state index contributed by atoms with van der Waals surface area (Å²) in [5.74, 6) is 0.565. The lowest BCUT2D eigenvalue weighted by atomic mass is 9.59. The molecule has 7 nitrogen and oxygen atoms in total. The molecule has 1 spiro atoms. The number of benzene rings is 2. The van der Waals surface area contributed by atoms with Gasteiger partial charge in [0.05, 0.1) is 28.1 Å². The monoisotopic (exact) mass is 621 g/mol. The summed E-state index contributed by atoms with van der Waals surface area (Å²) in [6.07, 6.45) is 8.28. The molecule has 2 aromatic rings. The number of sulfone groups is 1. The maximum absolute atomic E-state index is 14.7. The van der Waals surface area contributed by atoms with Crippen LogP contribution in [0.25, 0.3) is 0 Å². The molecule has 44 heavy (non-hydrogen) atoms. The van der Waals surface area contributed by atoms with Crippen LogP contribution in [0.1, 0.15) is 95.6 Å². The van der Waals surface area contributed by atoms with E-state index in [0.29, 0.717) is 32.2 Å². The topological polar surface area (TPSA) is 81.2 Å². The van der Waals surface area contributed by atoms with Crippen molar-refractivity contribution in [1.82, 2.24) is 9.80 Å². The number of hydrogen-bond donors (Lipinski definition) is 1. The van der Waals surface area contributed by atoms with Crippen LogP contribution in [0.15, 0.2) is 54.6 Å². The number of aliphatic hydroxyl groups is 1. The van der Waals surface area contributed by atoms with Crippen molar-refractivity contribution in [3.8, 4) is 0 Å². The van der Waals surface area contributed by atoms with Crippen molar-refractivity contribution < 1.29 is 18.3 Å². The summed E-state index contributed by atoms with van der Waals surface area (Å²) in [6.45, 7) is 7.16. The van der Waals surface area contributed by atoms with Gasteiger partial charge in [0.1, 0.15) is 15.6 Å². The molecule has 240 valence electrons. The lowest BCUT2D eigenvalue weighted by Crippen LogP contribution is -2.70. The number of nitrogens with zero attached hydrogens (tertiary/aromatic N) is 3. The Kier molecular flexibility index (Phi) is 8.09. The van der Waals surface area contributed by atoms with Gasteiger partial charge in [-0.05, 0) is 101 Å². The summed E-state index contributed by atoms with van der Waals surface area (Å²) in [7, 11) is -0.768. The summed E-state index contributed by atoms with van der Waals surface area (Å²) < 4.78 is 24.5. The Morgan fingerprint density at radius 3 is 2.02 bits per heavy atom. The Hall–Kier alpha value is -2.58. The van der Waals surface area contributed by atoms with E-state index >= 15 is 0 Å². The lowest BCUT2D eigenvalue weighted by Gasteiger charge is -2.61. The zero-order valence-corrected chi connectivity index (χ0v) is 27.9. The van der Waals surface area contributed by atoms with E-state index in [1.165, 1.54) is 16.8 Å². The molecule has 2 saturated carbocycles. The van der Waals surface area contributed by atoms with Gasteiger partial charge in [0, 0.05) is 19.3 Å². The summed E-state index contributed by atoms with van der Waals surface area (Å²) in [4.78, 5) is 21.3. The summed E-state index contributed by atoms with van der Waals surface area (Å²) in [5.41, 5.74) is 1.43. The van der Waals surface area contributed by atoms with Crippen molar-refractivity contribution >= 4 is 21.6 Å². The van der Waals surface area contributed by atoms with Crippen molar-refractivity contribution in [2.24, 2.45) is 5.92 Å². The number of anilines is 1. The summed E-state index contributed by atoms with van der Waals surface area (Å²) >= 11 is 0. The second kappa shape index (κ2) is 11.3. The van der Waals surface area contributed by atoms with Gasteiger partial charge in [-0.3, -0.25) is 4.90 Å². The van der Waals surface area contributed by atoms with Gasteiger partial charge < -0.3 is 14.9 Å². The Bertz CT molecular complexity index is 1450. The first-order valence-corrected chi connectivity index (χ1v) is 18.7. The third-order valence-corrected chi connectivity index (χ3v) is 14.1. The van der Waals surface area contributed by atoms with Crippen LogP contribution in [0.4, 0.5) is 10.5 Å². The molecule has 0 bridgehead atoms. The minimum absolute atomic E-state index is 0.0381. The highest BCUT2D eigenvalue weighted by Crippen LogP contribution is 2.61. The van der Waals surface area contributed by atoms with Crippen LogP contribution in [0, 0.1) is 12.8 Å². The first-order valence-electron chi connectivity index (χ1n) is 16.9. The van der Waals surface area contributed by atoms with E-state index in [-0.39, 0.29) is 29.0 Å². The van der Waals surface area contributed by atoms with E-state index in [0.717, 1.165) is 44.9 Å². The Labute approximate surface area is 264 Å². The standard InChI is InChI=1S/C36H51N3O4S/c1-5-34(6-2)35(39(36(41)19-12-20-36)32(40)38(34)27-29-17-25-44(42,43)26-18-29)23-21-33(22-24-35,30-14-8-7-9-15-30)37(4)31-16-11-10-13-28(31)3/h7-11,13-16,29,41H,5-6,12,17-27H2,1-4H3. The number of hydrogen-bond acceptors (Lipinski definition) is 5. The lowest BCUT2D eigenvalue weighted by molar-refractivity contribution is -0.186. The number of para-hydroxylation sites is 1. The average molecular weight is 622 g/mol. The normalized spacial score (nSPS) is 25.2. The fourth-order valence-electron chi connectivity index (χ4n) is 9.66. The van der Waals surface area contributed by atoms with E-state index in [9.17, 15) is 18.3 Å². The van der Waals surface area contributed by atoms with E-state index in [4.69, 9.17) is 0 Å². The zero-order chi connectivity index (χ0) is 31.4. The van der Waals surface area contributed by atoms with E-state index in [1.807, 2.05) is 4.90 Å². The van der Waals surface area contributed by atoms with Gasteiger partial charge >= 0.3 is 6.03 Å². The van der Waals surface area contributed by atoms with E-state index < -0.39 is 26.6 Å². The minimum Gasteiger partial charge on any atom is -0.371 e. The van der Waals surface area contributed by atoms with Crippen LogP contribution in [0.5, 0.6) is 0 Å². The predicted molar refractivity (Wildman–Crippen MR) is 176 cm³/mol. The quantitative estimate of drug-likeness (QED) is 0.358. The van der Waals surface area contributed by atoms with Crippen molar-refractivity contribution in [2.75, 3.05) is 30.0 Å². The molecule has 2 heterocycles. The molecular formula is C36H51N3O4S. The summed E-state index contributed by atoms with van der Waals surface area (Å²) in [6, 6.07) is 19.4. The van der Waals surface area contributed by atoms with Crippen molar-refractivity contribution in [2.45, 2.75) is 114 Å². The average Bonchev–Trinajstić information content (AvgIpc) is 3.21. The van der Waals surface area contributed by atoms with Crippen LogP contribution in [-0.2, 0) is 15.4 Å². The van der Waals surface area contributed by atoms with Gasteiger partial charge in [0.25, 0.3) is 0 Å². The minimum atomic E-state index is -2.99. The van der Waals surface area contributed by atoms with Gasteiger partial charge in [0.2, 0.25) is 0 Å². The first kappa shape index (κ1) is 31.4. The van der Waals surface area contributed by atoms with Gasteiger partial charge in [-0.25, -0.2) is 13.2 Å². The SMILES string of the molecule is CCC1(CC)N(CC2CCS(=O)(=O)CC2)C(=O)N(C2(O)CCC2)C12CCC(c1ccccc1)(N(C)c1ccccc1C)CC2. The third-order valence-electron chi connectivity index (χ3n) is 12.4. The molecule has 4 fully saturated rings. The van der Waals surface area contributed by atoms with Gasteiger partial charge in [-0.2, -0.15) is 0 Å². The molecular weight excluding hydrogens is 570 g/mol. The highest BCUT2D eigenvalue weighted by atomic mass is 32.2. The molecule has 2 amide bonds. The number of amides is 2. The maximum Gasteiger partial charge on any atom is 0.323 e. The smallest absolute Gasteiger partial charge is 0.323 e. The second-order valence-corrected chi connectivity index (χ2v) is 16.5. The van der Waals surface area contributed by atoms with Gasteiger partial charge in [0.15, 0.2) is 0 Å². The molecule has 8 heteroatoms. The molecule has 0 radical (unpaired) electrons. The molecule has 1 N–H and O–H groups in total.